The van der Waals surface area contributed by atoms with E-state index in [1.165, 1.54) is 4.90 Å². The van der Waals surface area contributed by atoms with Crippen LogP contribution in [-0.4, -0.2) is 34.5 Å². The number of aliphatic hydroxyl groups is 1. The van der Waals surface area contributed by atoms with Gasteiger partial charge in [0, 0.05) is 6.42 Å². The van der Waals surface area contributed by atoms with Crippen molar-refractivity contribution in [3.63, 3.8) is 0 Å². The normalized spacial score (nSPS) is 24.6. The van der Waals surface area contributed by atoms with Gasteiger partial charge in [0.25, 0.3) is 0 Å². The Morgan fingerprint density at radius 3 is 2.35 bits per heavy atom. The van der Waals surface area contributed by atoms with E-state index in [2.05, 4.69) is 0 Å². The van der Waals surface area contributed by atoms with E-state index in [0.29, 0.717) is 0 Å². The summed E-state index contributed by atoms with van der Waals surface area (Å²) in [6.07, 6.45) is 0.166. The topological polar surface area (TPSA) is 57.6 Å². The minimum Gasteiger partial charge on any atom is -0.394 e. The van der Waals surface area contributed by atoms with Crippen molar-refractivity contribution in [3.8, 4) is 0 Å². The van der Waals surface area contributed by atoms with Crippen LogP contribution in [0.1, 0.15) is 32.8 Å². The molecule has 1 aliphatic rings. The molecule has 0 aliphatic carbocycles. The summed E-state index contributed by atoms with van der Waals surface area (Å²) in [5, 5.41) is 9.49. The van der Waals surface area contributed by atoms with Gasteiger partial charge in [-0.2, -0.15) is 0 Å². The molecule has 2 rings (SSSR count). The summed E-state index contributed by atoms with van der Waals surface area (Å²) in [4.78, 5) is 26.3. The molecule has 1 aromatic carbocycles. The number of carbonyl (C=O) groups excluding carboxylic acids is 2. The van der Waals surface area contributed by atoms with Crippen molar-refractivity contribution >= 4 is 11.8 Å². The molecule has 0 aromatic heterocycles. The van der Waals surface area contributed by atoms with Gasteiger partial charge >= 0.3 is 0 Å². The first-order valence-electron chi connectivity index (χ1n) is 6.94. The molecular weight excluding hydrogens is 254 g/mol. The third-order valence-electron chi connectivity index (χ3n) is 4.16. The lowest BCUT2D eigenvalue weighted by Crippen LogP contribution is -2.47. The summed E-state index contributed by atoms with van der Waals surface area (Å²) >= 11 is 0. The molecule has 0 saturated carbocycles. The maximum Gasteiger partial charge on any atom is 0.240 e. The Labute approximate surface area is 119 Å². The third kappa shape index (κ3) is 2.24. The number of nitrogens with zero attached hydrogens (tertiary/aromatic N) is 1. The molecule has 2 amide bonds. The molecular formula is C16H21NO3. The smallest absolute Gasteiger partial charge is 0.240 e. The number of benzene rings is 1. The number of likely N-dealkylation sites (tertiary alicyclic amines) is 1. The molecule has 1 N–H and O–H groups in total. The highest BCUT2D eigenvalue weighted by Crippen LogP contribution is 2.37. The number of hydrogen-bond donors (Lipinski definition) is 1. The van der Waals surface area contributed by atoms with Crippen molar-refractivity contribution in [1.29, 1.82) is 0 Å². The molecule has 2 atom stereocenters. The van der Waals surface area contributed by atoms with Crippen LogP contribution in [0, 0.1) is 5.92 Å². The van der Waals surface area contributed by atoms with Crippen molar-refractivity contribution in [3.05, 3.63) is 35.9 Å². The number of hydrogen-bond acceptors (Lipinski definition) is 3. The van der Waals surface area contributed by atoms with E-state index in [4.69, 9.17) is 0 Å². The largest absolute Gasteiger partial charge is 0.394 e. The first-order chi connectivity index (χ1) is 9.41. The van der Waals surface area contributed by atoms with Gasteiger partial charge in [-0.3, -0.25) is 14.5 Å². The Bertz CT molecular complexity index is 512. The van der Waals surface area contributed by atoms with E-state index in [9.17, 15) is 14.7 Å². The summed E-state index contributed by atoms with van der Waals surface area (Å²) in [5.74, 6) is -0.374. The first-order valence-corrected chi connectivity index (χ1v) is 6.94. The van der Waals surface area contributed by atoms with Crippen LogP contribution >= 0.6 is 0 Å². The molecule has 20 heavy (non-hydrogen) atoms. The fraction of sp³-hybridized carbons (Fsp3) is 0.500. The Balaban J connectivity index is 2.38. The molecule has 4 heteroatoms. The Morgan fingerprint density at radius 1 is 1.25 bits per heavy atom. The summed E-state index contributed by atoms with van der Waals surface area (Å²) in [7, 11) is 0. The van der Waals surface area contributed by atoms with Gasteiger partial charge in [0.15, 0.2) is 0 Å². The highest BCUT2D eigenvalue weighted by atomic mass is 16.3. The zero-order valence-corrected chi connectivity index (χ0v) is 12.2. The number of imide groups is 1. The minimum atomic E-state index is -0.819. The zero-order chi connectivity index (χ0) is 14.9. The maximum atomic E-state index is 12.7. The van der Waals surface area contributed by atoms with Gasteiger partial charge in [0.1, 0.15) is 0 Å². The van der Waals surface area contributed by atoms with Gasteiger partial charge < -0.3 is 5.11 Å². The molecule has 1 saturated heterocycles. The summed E-state index contributed by atoms with van der Waals surface area (Å²) in [6.45, 7) is 5.41. The Kier molecular flexibility index (Phi) is 3.95. The summed E-state index contributed by atoms with van der Waals surface area (Å²) in [6, 6.07) is 8.92. The first kappa shape index (κ1) is 14.7. The Morgan fingerprint density at radius 2 is 1.85 bits per heavy atom. The molecule has 1 aliphatic heterocycles. The fourth-order valence-corrected chi connectivity index (χ4v) is 2.80. The highest BCUT2D eigenvalue weighted by molar-refractivity contribution is 6.09. The lowest BCUT2D eigenvalue weighted by Gasteiger charge is -2.30. The quantitative estimate of drug-likeness (QED) is 0.851. The van der Waals surface area contributed by atoms with Crippen LogP contribution in [0.5, 0.6) is 0 Å². The van der Waals surface area contributed by atoms with Gasteiger partial charge in [-0.15, -0.1) is 0 Å². The van der Waals surface area contributed by atoms with E-state index in [-0.39, 0.29) is 30.8 Å². The molecule has 1 aromatic rings. The van der Waals surface area contributed by atoms with Gasteiger partial charge in [-0.25, -0.2) is 0 Å². The molecule has 1 fully saturated rings. The van der Waals surface area contributed by atoms with E-state index in [1.54, 1.807) is 6.92 Å². The lowest BCUT2D eigenvalue weighted by molar-refractivity contribution is -0.144. The van der Waals surface area contributed by atoms with E-state index >= 15 is 0 Å². The number of carbonyl (C=O) groups is 2. The highest BCUT2D eigenvalue weighted by Gasteiger charge is 2.51. The van der Waals surface area contributed by atoms with Crippen LogP contribution in [0.15, 0.2) is 30.3 Å². The molecule has 0 spiro atoms. The fourth-order valence-electron chi connectivity index (χ4n) is 2.80. The van der Waals surface area contributed by atoms with Crippen LogP contribution in [0.4, 0.5) is 0 Å². The van der Waals surface area contributed by atoms with Gasteiger partial charge in [-0.1, -0.05) is 44.2 Å². The maximum absolute atomic E-state index is 12.7. The van der Waals surface area contributed by atoms with Crippen molar-refractivity contribution in [1.82, 2.24) is 4.90 Å². The monoisotopic (exact) mass is 275 g/mol. The number of rotatable bonds is 4. The number of aliphatic hydroxyl groups excluding tert-OH is 1. The molecule has 1 heterocycles. The second-order valence-electron chi connectivity index (χ2n) is 5.94. The van der Waals surface area contributed by atoms with Crippen molar-refractivity contribution < 1.29 is 14.7 Å². The van der Waals surface area contributed by atoms with Crippen molar-refractivity contribution in [2.24, 2.45) is 5.92 Å². The summed E-state index contributed by atoms with van der Waals surface area (Å²) < 4.78 is 0. The number of amides is 2. The average molecular weight is 275 g/mol. The minimum absolute atomic E-state index is 0.0334. The van der Waals surface area contributed by atoms with E-state index in [1.807, 2.05) is 44.2 Å². The van der Waals surface area contributed by atoms with Crippen LogP contribution < -0.4 is 0 Å². The van der Waals surface area contributed by atoms with E-state index in [0.717, 1.165) is 5.56 Å². The van der Waals surface area contributed by atoms with Crippen LogP contribution in [0.25, 0.3) is 0 Å². The molecule has 0 radical (unpaired) electrons. The van der Waals surface area contributed by atoms with Gasteiger partial charge in [0.05, 0.1) is 18.1 Å². The lowest BCUT2D eigenvalue weighted by atomic mass is 9.81. The van der Waals surface area contributed by atoms with Gasteiger partial charge in [0.2, 0.25) is 11.8 Å². The van der Waals surface area contributed by atoms with Crippen LogP contribution in [0.3, 0.4) is 0 Å². The summed E-state index contributed by atoms with van der Waals surface area (Å²) in [5.41, 5.74) is 0.0296. The average Bonchev–Trinajstić information content (AvgIpc) is 2.65. The standard InChI is InChI=1S/C16H21NO3/c1-11(2)13(10-18)17-14(19)9-16(3,15(17)20)12-7-5-4-6-8-12/h4-8,11,13,18H,9-10H2,1-3H3. The van der Waals surface area contributed by atoms with E-state index < -0.39 is 11.5 Å². The molecule has 4 nitrogen and oxygen atoms in total. The molecule has 0 bridgehead atoms. The molecule has 2 unspecified atom stereocenters. The van der Waals surface area contributed by atoms with Crippen molar-refractivity contribution in [2.75, 3.05) is 6.61 Å². The molecule has 108 valence electrons. The second kappa shape index (κ2) is 5.37. The zero-order valence-electron chi connectivity index (χ0n) is 12.2. The second-order valence-corrected chi connectivity index (χ2v) is 5.94. The van der Waals surface area contributed by atoms with Crippen molar-refractivity contribution in [2.45, 2.75) is 38.6 Å². The predicted octanol–water partition coefficient (Wildman–Crippen LogP) is 1.72. The Hall–Kier alpha value is -1.68. The third-order valence-corrected chi connectivity index (χ3v) is 4.16. The van der Waals surface area contributed by atoms with Gasteiger partial charge in [-0.05, 0) is 18.4 Å². The van der Waals surface area contributed by atoms with Crippen LogP contribution in [-0.2, 0) is 15.0 Å². The SMILES string of the molecule is CC(C)C(CO)N1C(=O)CC(C)(c2ccccc2)C1=O. The predicted molar refractivity (Wildman–Crippen MR) is 76.0 cm³/mol. The van der Waals surface area contributed by atoms with Crippen LogP contribution in [0.2, 0.25) is 0 Å².